The Morgan fingerprint density at radius 2 is 2.03 bits per heavy atom. The largest absolute Gasteiger partial charge is 0.469 e. The van der Waals surface area contributed by atoms with Crippen molar-refractivity contribution in [3.8, 4) is 0 Å². The molecular formula is C23H31IN4O2. The molecule has 2 heterocycles. The lowest BCUT2D eigenvalue weighted by molar-refractivity contribution is -0.128. The fraction of sp³-hybridized carbons (Fsp3) is 0.478. The number of hydrogen-bond acceptors (Lipinski definition) is 3. The number of guanidine groups is 1. The molecule has 2 aromatic rings. The summed E-state index contributed by atoms with van der Waals surface area (Å²) in [4.78, 5) is 19.1. The number of amides is 1. The maximum Gasteiger partial charge on any atom is 0.223 e. The number of nitrogens with zero attached hydrogens (tertiary/aromatic N) is 2. The fourth-order valence-corrected chi connectivity index (χ4v) is 3.83. The number of halogens is 1. The molecule has 2 N–H and O–H groups in total. The zero-order valence-electron chi connectivity index (χ0n) is 17.4. The Hall–Kier alpha value is -2.03. The van der Waals surface area contributed by atoms with Crippen LogP contribution in [0.4, 0.5) is 0 Å². The van der Waals surface area contributed by atoms with E-state index in [1.54, 1.807) is 6.26 Å². The van der Waals surface area contributed by atoms with Gasteiger partial charge in [-0.2, -0.15) is 0 Å². The minimum absolute atomic E-state index is 0. The van der Waals surface area contributed by atoms with Crippen LogP contribution in [-0.2, 0) is 11.2 Å². The van der Waals surface area contributed by atoms with E-state index in [4.69, 9.17) is 9.41 Å². The van der Waals surface area contributed by atoms with Crippen LogP contribution >= 0.6 is 24.0 Å². The van der Waals surface area contributed by atoms with Crippen LogP contribution in [0.3, 0.4) is 0 Å². The van der Waals surface area contributed by atoms with Crippen molar-refractivity contribution in [2.45, 2.75) is 44.7 Å². The molecule has 1 saturated heterocycles. The van der Waals surface area contributed by atoms with Gasteiger partial charge in [0.1, 0.15) is 5.76 Å². The van der Waals surface area contributed by atoms with Crippen LogP contribution in [-0.4, -0.2) is 42.4 Å². The molecule has 1 aliphatic carbocycles. The number of benzene rings is 1. The molecule has 1 saturated carbocycles. The van der Waals surface area contributed by atoms with Gasteiger partial charge in [0.2, 0.25) is 5.91 Å². The third-order valence-electron chi connectivity index (χ3n) is 5.63. The Bertz CT molecular complexity index is 821. The lowest BCUT2D eigenvalue weighted by atomic mass is 10.1. The first-order valence-electron chi connectivity index (χ1n) is 10.6. The molecule has 2 fully saturated rings. The first-order chi connectivity index (χ1) is 14.2. The normalized spacial score (nSPS) is 20.0. The highest BCUT2D eigenvalue weighted by atomic mass is 127. The van der Waals surface area contributed by atoms with E-state index >= 15 is 0 Å². The molecule has 2 aliphatic rings. The van der Waals surface area contributed by atoms with Crippen LogP contribution in [0.15, 0.2) is 58.1 Å². The van der Waals surface area contributed by atoms with Gasteiger partial charge in [-0.15, -0.1) is 24.0 Å². The lowest BCUT2D eigenvalue weighted by Gasteiger charge is -2.19. The van der Waals surface area contributed by atoms with Crippen LogP contribution in [0, 0.1) is 5.92 Å². The highest BCUT2D eigenvalue weighted by Crippen LogP contribution is 2.32. The van der Waals surface area contributed by atoms with E-state index in [1.807, 2.05) is 30.3 Å². The molecule has 0 bridgehead atoms. The van der Waals surface area contributed by atoms with Gasteiger partial charge in [0.05, 0.1) is 12.3 Å². The second-order valence-electron chi connectivity index (χ2n) is 8.07. The van der Waals surface area contributed by atoms with Gasteiger partial charge in [-0.05, 0) is 37.5 Å². The summed E-state index contributed by atoms with van der Waals surface area (Å²) < 4.78 is 5.42. The van der Waals surface area contributed by atoms with Crippen LogP contribution in [0.25, 0.3) is 0 Å². The van der Waals surface area contributed by atoms with Crippen molar-refractivity contribution in [1.29, 1.82) is 0 Å². The average Bonchev–Trinajstić information content (AvgIpc) is 3.31. The molecule has 0 spiro atoms. The predicted octanol–water partition coefficient (Wildman–Crippen LogP) is 3.75. The number of hydrogen-bond donors (Lipinski definition) is 2. The van der Waals surface area contributed by atoms with E-state index in [9.17, 15) is 4.79 Å². The molecule has 30 heavy (non-hydrogen) atoms. The molecular weight excluding hydrogens is 491 g/mol. The second kappa shape index (κ2) is 10.8. The molecule has 1 aromatic heterocycles. The monoisotopic (exact) mass is 522 g/mol. The highest BCUT2D eigenvalue weighted by Gasteiger charge is 2.39. The fourth-order valence-electron chi connectivity index (χ4n) is 3.83. The second-order valence-corrected chi connectivity index (χ2v) is 8.07. The van der Waals surface area contributed by atoms with E-state index in [1.165, 1.54) is 5.56 Å². The molecule has 2 unspecified atom stereocenters. The number of carbonyl (C=O) groups is 1. The van der Waals surface area contributed by atoms with Crippen molar-refractivity contribution in [3.05, 3.63) is 60.1 Å². The summed E-state index contributed by atoms with van der Waals surface area (Å²) in [6.07, 6.45) is 5.44. The summed E-state index contributed by atoms with van der Waals surface area (Å²) in [5, 5.41) is 6.93. The summed E-state index contributed by atoms with van der Waals surface area (Å²) in [6.45, 7) is 4.37. The highest BCUT2D eigenvalue weighted by molar-refractivity contribution is 14.0. The Kier molecular flexibility index (Phi) is 8.18. The molecule has 7 heteroatoms. The van der Waals surface area contributed by atoms with Crippen molar-refractivity contribution in [2.75, 3.05) is 19.6 Å². The van der Waals surface area contributed by atoms with Crippen LogP contribution in [0.1, 0.15) is 43.6 Å². The zero-order valence-corrected chi connectivity index (χ0v) is 19.8. The van der Waals surface area contributed by atoms with Gasteiger partial charge in [-0.3, -0.25) is 9.79 Å². The average molecular weight is 522 g/mol. The molecule has 1 amide bonds. The SMILES string of the molecule is CC(NC(=NCC1CC(=O)N(C2CC2)C1)NCCc1ccco1)c1ccccc1.I. The molecule has 6 nitrogen and oxygen atoms in total. The van der Waals surface area contributed by atoms with Crippen LogP contribution in [0.5, 0.6) is 0 Å². The Balaban J connectivity index is 0.00000256. The van der Waals surface area contributed by atoms with E-state index in [0.29, 0.717) is 30.8 Å². The standard InChI is InChI=1S/C23H30N4O2.HI/c1-17(19-6-3-2-4-7-19)26-23(24-12-11-21-8-5-13-29-21)25-15-18-14-22(28)27(16-18)20-9-10-20;/h2-8,13,17-18,20H,9-12,14-16H2,1H3,(H2,24,25,26);1H. The first-order valence-corrected chi connectivity index (χ1v) is 10.6. The minimum Gasteiger partial charge on any atom is -0.469 e. The summed E-state index contributed by atoms with van der Waals surface area (Å²) in [5.41, 5.74) is 1.21. The maximum atomic E-state index is 12.2. The topological polar surface area (TPSA) is 69.9 Å². The van der Waals surface area contributed by atoms with E-state index < -0.39 is 0 Å². The van der Waals surface area contributed by atoms with Gasteiger partial charge in [0.15, 0.2) is 5.96 Å². The molecule has 0 radical (unpaired) electrons. The van der Waals surface area contributed by atoms with E-state index in [0.717, 1.165) is 44.1 Å². The van der Waals surface area contributed by atoms with Crippen LogP contribution in [0.2, 0.25) is 0 Å². The molecule has 1 aromatic carbocycles. The maximum absolute atomic E-state index is 12.2. The van der Waals surface area contributed by atoms with E-state index in [-0.39, 0.29) is 30.0 Å². The number of furan rings is 1. The van der Waals surface area contributed by atoms with Crippen molar-refractivity contribution < 1.29 is 9.21 Å². The minimum atomic E-state index is 0. The van der Waals surface area contributed by atoms with Gasteiger partial charge in [-0.25, -0.2) is 0 Å². The summed E-state index contributed by atoms with van der Waals surface area (Å²) in [7, 11) is 0. The summed E-state index contributed by atoms with van der Waals surface area (Å²) in [6, 6.07) is 14.9. The van der Waals surface area contributed by atoms with Crippen molar-refractivity contribution >= 4 is 35.8 Å². The number of nitrogens with one attached hydrogen (secondary N) is 2. The Morgan fingerprint density at radius 3 is 2.73 bits per heavy atom. The van der Waals surface area contributed by atoms with Crippen molar-refractivity contribution in [1.82, 2.24) is 15.5 Å². The van der Waals surface area contributed by atoms with Crippen LogP contribution < -0.4 is 10.6 Å². The third-order valence-corrected chi connectivity index (χ3v) is 5.63. The molecule has 162 valence electrons. The van der Waals surface area contributed by atoms with Gasteiger partial charge in [0, 0.05) is 44.4 Å². The van der Waals surface area contributed by atoms with Gasteiger partial charge >= 0.3 is 0 Å². The molecule has 4 rings (SSSR count). The van der Waals surface area contributed by atoms with Gasteiger partial charge < -0.3 is 20.0 Å². The van der Waals surface area contributed by atoms with Crippen molar-refractivity contribution in [2.24, 2.45) is 10.9 Å². The Labute approximate surface area is 195 Å². The number of likely N-dealkylation sites (tertiary alicyclic amines) is 1. The lowest BCUT2D eigenvalue weighted by Crippen LogP contribution is -2.40. The van der Waals surface area contributed by atoms with Gasteiger partial charge in [0.25, 0.3) is 0 Å². The summed E-state index contributed by atoms with van der Waals surface area (Å²) in [5.74, 6) is 2.34. The van der Waals surface area contributed by atoms with Crippen molar-refractivity contribution in [3.63, 3.8) is 0 Å². The molecule has 2 atom stereocenters. The quantitative estimate of drug-likeness (QED) is 0.315. The zero-order chi connectivity index (χ0) is 20.1. The van der Waals surface area contributed by atoms with E-state index in [2.05, 4.69) is 34.6 Å². The summed E-state index contributed by atoms with van der Waals surface area (Å²) >= 11 is 0. The Morgan fingerprint density at radius 1 is 1.23 bits per heavy atom. The number of carbonyl (C=O) groups excluding carboxylic acids is 1. The number of rotatable bonds is 8. The number of aliphatic imine (C=N–C) groups is 1. The predicted molar refractivity (Wildman–Crippen MR) is 129 cm³/mol. The smallest absolute Gasteiger partial charge is 0.223 e. The molecule has 1 aliphatic heterocycles. The third kappa shape index (κ3) is 6.23. The first kappa shape index (κ1) is 22.7. The van der Waals surface area contributed by atoms with Gasteiger partial charge in [-0.1, -0.05) is 30.3 Å².